The lowest BCUT2D eigenvalue weighted by Crippen LogP contribution is -2.48. The van der Waals surface area contributed by atoms with E-state index in [1.165, 1.54) is 0 Å². The molecular weight excluding hydrogens is 244 g/mol. The van der Waals surface area contributed by atoms with E-state index in [-0.39, 0.29) is 18.8 Å². The summed E-state index contributed by atoms with van der Waals surface area (Å²) in [5, 5.41) is 8.94. The van der Waals surface area contributed by atoms with Crippen LogP contribution in [0.25, 0.3) is 0 Å². The summed E-state index contributed by atoms with van der Waals surface area (Å²) in [6.07, 6.45) is -0.236. The monoisotopic (exact) mass is 262 g/mol. The molecule has 0 bridgehead atoms. The number of aliphatic hydroxyl groups is 1. The molecule has 0 unspecified atom stereocenters. The van der Waals surface area contributed by atoms with Crippen molar-refractivity contribution in [3.63, 3.8) is 0 Å². The topological polar surface area (TPSA) is 53.0 Å². The second kappa shape index (κ2) is 5.28. The molecule has 2 aliphatic heterocycles. The molecule has 2 aliphatic rings. The minimum absolute atomic E-state index is 0.196. The Morgan fingerprint density at radius 3 is 2.68 bits per heavy atom. The van der Waals surface area contributed by atoms with Gasteiger partial charge in [0.1, 0.15) is 0 Å². The van der Waals surface area contributed by atoms with E-state index in [0.29, 0.717) is 5.56 Å². The first-order valence-electron chi connectivity index (χ1n) is 6.67. The van der Waals surface area contributed by atoms with Crippen molar-refractivity contribution < 1.29 is 14.6 Å². The van der Waals surface area contributed by atoms with Crippen molar-refractivity contribution in [2.45, 2.75) is 6.23 Å². The fourth-order valence-electron chi connectivity index (χ4n) is 2.76. The van der Waals surface area contributed by atoms with Crippen LogP contribution in [0.1, 0.15) is 22.1 Å². The molecule has 0 amide bonds. The Kier molecular flexibility index (Phi) is 3.50. The Hall–Kier alpha value is -1.43. The quantitative estimate of drug-likeness (QED) is 0.802. The highest BCUT2D eigenvalue weighted by Gasteiger charge is 2.35. The summed E-state index contributed by atoms with van der Waals surface area (Å²) in [5.41, 5.74) is 1.66. The Labute approximate surface area is 112 Å². The van der Waals surface area contributed by atoms with Crippen LogP contribution in [0.2, 0.25) is 0 Å². The van der Waals surface area contributed by atoms with Crippen LogP contribution in [-0.2, 0) is 4.74 Å². The van der Waals surface area contributed by atoms with Gasteiger partial charge in [0.2, 0.25) is 0 Å². The Balaban J connectivity index is 1.70. The third kappa shape index (κ3) is 2.36. The van der Waals surface area contributed by atoms with Crippen molar-refractivity contribution >= 4 is 5.97 Å². The highest BCUT2D eigenvalue weighted by atomic mass is 16.6. The Bertz CT molecular complexity index is 470. The largest absolute Gasteiger partial charge is 0.438 e. The van der Waals surface area contributed by atoms with Crippen LogP contribution in [0.3, 0.4) is 0 Å². The zero-order chi connectivity index (χ0) is 13.2. The number of benzene rings is 1. The number of esters is 1. The third-order valence-corrected chi connectivity index (χ3v) is 3.82. The van der Waals surface area contributed by atoms with E-state index in [0.717, 1.165) is 38.3 Å². The lowest BCUT2D eigenvalue weighted by Gasteiger charge is -2.36. The molecule has 1 aromatic rings. The second-order valence-corrected chi connectivity index (χ2v) is 4.95. The number of ether oxygens (including phenoxy) is 1. The number of nitrogens with zero attached hydrogens (tertiary/aromatic N) is 2. The van der Waals surface area contributed by atoms with Gasteiger partial charge in [-0.1, -0.05) is 18.2 Å². The highest BCUT2D eigenvalue weighted by molar-refractivity contribution is 5.93. The predicted octanol–water partition coefficient (Wildman–Crippen LogP) is 0.465. The molecule has 0 spiro atoms. The van der Waals surface area contributed by atoms with Crippen molar-refractivity contribution in [2.24, 2.45) is 0 Å². The summed E-state index contributed by atoms with van der Waals surface area (Å²) in [6.45, 7) is 4.42. The van der Waals surface area contributed by atoms with Crippen LogP contribution in [0, 0.1) is 0 Å². The van der Waals surface area contributed by atoms with Gasteiger partial charge in [-0.25, -0.2) is 4.79 Å². The number of hydrogen-bond acceptors (Lipinski definition) is 5. The zero-order valence-corrected chi connectivity index (χ0v) is 10.8. The van der Waals surface area contributed by atoms with Gasteiger partial charge in [-0.15, -0.1) is 0 Å². The van der Waals surface area contributed by atoms with E-state index in [2.05, 4.69) is 9.80 Å². The SMILES string of the molecule is O=C1O[C@H](N2CCN(CCO)CC2)c2ccccc21. The van der Waals surface area contributed by atoms with Gasteiger partial charge in [0.15, 0.2) is 6.23 Å². The molecule has 5 heteroatoms. The molecule has 0 radical (unpaired) electrons. The number of β-amino-alcohol motifs (C(OH)–C–C–N with tert-alkyl or cyclic N) is 1. The molecule has 102 valence electrons. The number of hydrogen-bond donors (Lipinski definition) is 1. The summed E-state index contributed by atoms with van der Waals surface area (Å²) in [7, 11) is 0. The van der Waals surface area contributed by atoms with Crippen molar-refractivity contribution in [1.82, 2.24) is 9.80 Å². The van der Waals surface area contributed by atoms with Crippen molar-refractivity contribution in [1.29, 1.82) is 0 Å². The summed E-state index contributed by atoms with van der Waals surface area (Å²) < 4.78 is 5.49. The van der Waals surface area contributed by atoms with Gasteiger partial charge in [0.05, 0.1) is 12.2 Å². The first-order chi connectivity index (χ1) is 9.29. The van der Waals surface area contributed by atoms with Crippen LogP contribution >= 0.6 is 0 Å². The fourth-order valence-corrected chi connectivity index (χ4v) is 2.76. The number of carbonyl (C=O) groups excluding carboxylic acids is 1. The first kappa shape index (κ1) is 12.6. The van der Waals surface area contributed by atoms with Gasteiger partial charge in [0.25, 0.3) is 0 Å². The lowest BCUT2D eigenvalue weighted by atomic mass is 10.1. The molecule has 5 nitrogen and oxygen atoms in total. The van der Waals surface area contributed by atoms with Crippen LogP contribution in [0.5, 0.6) is 0 Å². The lowest BCUT2D eigenvalue weighted by molar-refractivity contribution is -0.0420. The average Bonchev–Trinajstić information content (AvgIpc) is 2.78. The van der Waals surface area contributed by atoms with Crippen molar-refractivity contribution in [2.75, 3.05) is 39.3 Å². The number of piperazine rings is 1. The Morgan fingerprint density at radius 2 is 1.95 bits per heavy atom. The summed E-state index contributed by atoms with van der Waals surface area (Å²) >= 11 is 0. The number of aliphatic hydroxyl groups excluding tert-OH is 1. The van der Waals surface area contributed by atoms with E-state index in [4.69, 9.17) is 9.84 Å². The molecule has 19 heavy (non-hydrogen) atoms. The van der Waals surface area contributed by atoms with Gasteiger partial charge in [0, 0.05) is 38.3 Å². The van der Waals surface area contributed by atoms with Crippen LogP contribution in [-0.4, -0.2) is 60.2 Å². The first-order valence-corrected chi connectivity index (χ1v) is 6.67. The number of fused-ring (bicyclic) bond motifs is 1. The van der Waals surface area contributed by atoms with Gasteiger partial charge in [-0.05, 0) is 6.07 Å². The van der Waals surface area contributed by atoms with E-state index in [9.17, 15) is 4.79 Å². The van der Waals surface area contributed by atoms with Crippen molar-refractivity contribution in [3.8, 4) is 0 Å². The molecule has 1 saturated heterocycles. The molecule has 0 saturated carbocycles. The summed E-state index contributed by atoms with van der Waals surface area (Å²) in [5.74, 6) is -0.224. The fraction of sp³-hybridized carbons (Fsp3) is 0.500. The summed E-state index contributed by atoms with van der Waals surface area (Å²) in [6, 6.07) is 7.59. The molecule has 0 aromatic heterocycles. The highest BCUT2D eigenvalue weighted by Crippen LogP contribution is 2.33. The molecule has 0 aliphatic carbocycles. The van der Waals surface area contributed by atoms with Gasteiger partial charge in [-0.3, -0.25) is 9.80 Å². The summed E-state index contributed by atoms with van der Waals surface area (Å²) in [4.78, 5) is 16.2. The molecule has 1 aromatic carbocycles. The maximum Gasteiger partial charge on any atom is 0.340 e. The van der Waals surface area contributed by atoms with Crippen molar-refractivity contribution in [3.05, 3.63) is 35.4 Å². The molecule has 2 heterocycles. The molecule has 1 N–H and O–H groups in total. The number of carbonyl (C=O) groups is 1. The molecule has 1 fully saturated rings. The van der Waals surface area contributed by atoms with Crippen LogP contribution < -0.4 is 0 Å². The van der Waals surface area contributed by atoms with E-state index in [1.54, 1.807) is 0 Å². The molecule has 3 rings (SSSR count). The van der Waals surface area contributed by atoms with Gasteiger partial charge in [-0.2, -0.15) is 0 Å². The molecular formula is C14H18N2O3. The smallest absolute Gasteiger partial charge is 0.340 e. The van der Waals surface area contributed by atoms with E-state index in [1.807, 2.05) is 24.3 Å². The standard InChI is InChI=1S/C14H18N2O3/c17-10-9-15-5-7-16(8-6-15)13-11-3-1-2-4-12(11)14(18)19-13/h1-4,13,17H,5-10H2/t13-/m0/s1. The normalized spacial score (nSPS) is 24.3. The van der Waals surface area contributed by atoms with Gasteiger partial charge < -0.3 is 9.84 Å². The Morgan fingerprint density at radius 1 is 1.21 bits per heavy atom. The number of rotatable bonds is 3. The average molecular weight is 262 g/mol. The van der Waals surface area contributed by atoms with E-state index < -0.39 is 0 Å². The van der Waals surface area contributed by atoms with Crippen LogP contribution in [0.15, 0.2) is 24.3 Å². The second-order valence-electron chi connectivity index (χ2n) is 4.95. The van der Waals surface area contributed by atoms with Crippen LogP contribution in [0.4, 0.5) is 0 Å². The minimum atomic E-state index is -0.236. The minimum Gasteiger partial charge on any atom is -0.438 e. The molecule has 1 atom stereocenters. The number of cyclic esters (lactones) is 1. The third-order valence-electron chi connectivity index (χ3n) is 3.82. The predicted molar refractivity (Wildman–Crippen MR) is 69.7 cm³/mol. The maximum atomic E-state index is 11.8. The van der Waals surface area contributed by atoms with E-state index >= 15 is 0 Å². The van der Waals surface area contributed by atoms with Gasteiger partial charge >= 0.3 is 5.97 Å². The maximum absolute atomic E-state index is 11.8. The zero-order valence-electron chi connectivity index (χ0n) is 10.8.